The Morgan fingerprint density at radius 1 is 1.26 bits per heavy atom. The molecule has 1 aromatic heterocycles. The molecule has 2 nitrogen and oxygen atoms in total. The average molecular weight is 339 g/mol. The van der Waals surface area contributed by atoms with Gasteiger partial charge in [-0.05, 0) is 34.9 Å². The molecule has 1 fully saturated rings. The third-order valence-corrected chi connectivity index (χ3v) is 6.60. The van der Waals surface area contributed by atoms with Gasteiger partial charge in [0, 0.05) is 11.0 Å². The summed E-state index contributed by atoms with van der Waals surface area (Å²) in [5.41, 5.74) is 1.93. The molecule has 0 aliphatic heterocycles. The van der Waals surface area contributed by atoms with E-state index in [2.05, 4.69) is 66.1 Å². The lowest BCUT2D eigenvalue weighted by Crippen LogP contribution is -2.07. The standard InChI is InChI=1S/C15H19BrN2S/c1-14(2)12(15(14,3)4)8-17-13-18-10-6-5-9(16)7-11(10)19-13/h5-7,12H,8H2,1-4H3,(H,17,18). The number of aromatic nitrogens is 1. The molecule has 2 aromatic rings. The fourth-order valence-corrected chi connectivity index (χ4v) is 4.43. The number of fused-ring (bicyclic) bond motifs is 1. The SMILES string of the molecule is CC1(C)C(CNc2nc3ccc(Br)cc3s2)C1(C)C. The van der Waals surface area contributed by atoms with Gasteiger partial charge >= 0.3 is 0 Å². The van der Waals surface area contributed by atoms with Crippen LogP contribution >= 0.6 is 27.3 Å². The predicted molar refractivity (Wildman–Crippen MR) is 86.9 cm³/mol. The highest BCUT2D eigenvalue weighted by atomic mass is 79.9. The highest BCUT2D eigenvalue weighted by molar-refractivity contribution is 9.10. The van der Waals surface area contributed by atoms with Crippen molar-refractivity contribution in [1.82, 2.24) is 4.98 Å². The molecule has 1 saturated carbocycles. The normalized spacial score (nSPS) is 20.7. The van der Waals surface area contributed by atoms with Crippen LogP contribution in [0.25, 0.3) is 10.2 Å². The van der Waals surface area contributed by atoms with Gasteiger partial charge in [-0.2, -0.15) is 0 Å². The summed E-state index contributed by atoms with van der Waals surface area (Å²) in [7, 11) is 0. The van der Waals surface area contributed by atoms with Crippen LogP contribution in [-0.4, -0.2) is 11.5 Å². The molecule has 1 N–H and O–H groups in total. The molecule has 0 radical (unpaired) electrons. The Morgan fingerprint density at radius 3 is 2.58 bits per heavy atom. The van der Waals surface area contributed by atoms with E-state index in [9.17, 15) is 0 Å². The van der Waals surface area contributed by atoms with Crippen molar-refractivity contribution in [2.24, 2.45) is 16.7 Å². The highest BCUT2D eigenvalue weighted by Gasteiger charge is 2.64. The first-order valence-electron chi connectivity index (χ1n) is 6.62. The molecule has 1 heterocycles. The molecule has 0 spiro atoms. The average Bonchev–Trinajstić information content (AvgIpc) is 2.63. The van der Waals surface area contributed by atoms with E-state index in [0.29, 0.717) is 10.8 Å². The van der Waals surface area contributed by atoms with Crippen molar-refractivity contribution in [3.63, 3.8) is 0 Å². The smallest absolute Gasteiger partial charge is 0.183 e. The van der Waals surface area contributed by atoms with Crippen LogP contribution in [0.2, 0.25) is 0 Å². The number of thiazole rings is 1. The van der Waals surface area contributed by atoms with E-state index in [-0.39, 0.29) is 0 Å². The molecule has 102 valence electrons. The number of hydrogen-bond donors (Lipinski definition) is 1. The molecule has 1 aliphatic carbocycles. The van der Waals surface area contributed by atoms with Crippen LogP contribution in [0.3, 0.4) is 0 Å². The number of benzene rings is 1. The molecule has 0 unspecified atom stereocenters. The van der Waals surface area contributed by atoms with Gasteiger partial charge in [0.05, 0.1) is 10.2 Å². The summed E-state index contributed by atoms with van der Waals surface area (Å²) in [6.07, 6.45) is 0. The fraction of sp³-hybridized carbons (Fsp3) is 0.533. The second-order valence-corrected chi connectivity index (χ2v) is 8.45. The van der Waals surface area contributed by atoms with E-state index in [1.54, 1.807) is 11.3 Å². The topological polar surface area (TPSA) is 24.9 Å². The first-order valence-corrected chi connectivity index (χ1v) is 8.23. The minimum Gasteiger partial charge on any atom is -0.361 e. The summed E-state index contributed by atoms with van der Waals surface area (Å²) in [4.78, 5) is 4.64. The van der Waals surface area contributed by atoms with E-state index in [0.717, 1.165) is 27.6 Å². The Kier molecular flexibility index (Phi) is 2.95. The van der Waals surface area contributed by atoms with Gasteiger partial charge in [-0.15, -0.1) is 0 Å². The lowest BCUT2D eigenvalue weighted by molar-refractivity contribution is 0.457. The van der Waals surface area contributed by atoms with Crippen LogP contribution in [-0.2, 0) is 0 Å². The largest absolute Gasteiger partial charge is 0.361 e. The van der Waals surface area contributed by atoms with Crippen LogP contribution in [0.5, 0.6) is 0 Å². The molecule has 0 saturated heterocycles. The Labute approximate surface area is 126 Å². The zero-order valence-corrected chi connectivity index (χ0v) is 14.2. The van der Waals surface area contributed by atoms with Crippen LogP contribution < -0.4 is 5.32 Å². The second-order valence-electron chi connectivity index (χ2n) is 6.51. The van der Waals surface area contributed by atoms with E-state index in [1.807, 2.05) is 6.07 Å². The van der Waals surface area contributed by atoms with Crippen LogP contribution in [0.15, 0.2) is 22.7 Å². The van der Waals surface area contributed by atoms with E-state index in [4.69, 9.17) is 0 Å². The number of rotatable bonds is 3. The Balaban J connectivity index is 1.73. The molecule has 19 heavy (non-hydrogen) atoms. The molecule has 1 aromatic carbocycles. The second kappa shape index (κ2) is 4.19. The Hall–Kier alpha value is -0.610. The molecule has 4 heteroatoms. The zero-order valence-electron chi connectivity index (χ0n) is 11.7. The maximum Gasteiger partial charge on any atom is 0.183 e. The van der Waals surface area contributed by atoms with Gasteiger partial charge in [0.25, 0.3) is 0 Å². The predicted octanol–water partition coefficient (Wildman–Crippen LogP) is 5.15. The monoisotopic (exact) mass is 338 g/mol. The van der Waals surface area contributed by atoms with Crippen LogP contribution in [0, 0.1) is 16.7 Å². The number of halogens is 1. The first kappa shape index (κ1) is 13.4. The van der Waals surface area contributed by atoms with Gasteiger partial charge < -0.3 is 5.32 Å². The number of nitrogens with one attached hydrogen (secondary N) is 1. The minimum atomic E-state index is 0.430. The molecular weight excluding hydrogens is 320 g/mol. The third-order valence-electron chi connectivity index (χ3n) is 5.13. The van der Waals surface area contributed by atoms with Crippen molar-refractivity contribution in [2.45, 2.75) is 27.7 Å². The van der Waals surface area contributed by atoms with Crippen molar-refractivity contribution in [1.29, 1.82) is 0 Å². The number of hydrogen-bond acceptors (Lipinski definition) is 3. The van der Waals surface area contributed by atoms with Crippen molar-refractivity contribution in [2.75, 3.05) is 11.9 Å². The molecule has 1 aliphatic rings. The molecule has 0 amide bonds. The summed E-state index contributed by atoms with van der Waals surface area (Å²) in [5, 5.41) is 4.55. The lowest BCUT2D eigenvalue weighted by Gasteiger charge is -2.04. The summed E-state index contributed by atoms with van der Waals surface area (Å²) in [5.74, 6) is 0.721. The highest BCUT2D eigenvalue weighted by Crippen LogP contribution is 2.68. The Bertz CT molecular complexity index is 616. The first-order chi connectivity index (χ1) is 8.82. The van der Waals surface area contributed by atoms with E-state index < -0.39 is 0 Å². The quantitative estimate of drug-likeness (QED) is 0.836. The van der Waals surface area contributed by atoms with Crippen LogP contribution in [0.1, 0.15) is 27.7 Å². The summed E-state index contributed by atoms with van der Waals surface area (Å²) in [6.45, 7) is 10.4. The van der Waals surface area contributed by atoms with Gasteiger partial charge in [-0.1, -0.05) is 55.0 Å². The van der Waals surface area contributed by atoms with Gasteiger partial charge in [-0.3, -0.25) is 0 Å². The number of nitrogens with zero attached hydrogens (tertiary/aromatic N) is 1. The number of anilines is 1. The third kappa shape index (κ3) is 2.09. The van der Waals surface area contributed by atoms with Crippen LogP contribution in [0.4, 0.5) is 5.13 Å². The maximum atomic E-state index is 4.64. The molecule has 0 bridgehead atoms. The zero-order chi connectivity index (χ0) is 13.8. The van der Waals surface area contributed by atoms with Gasteiger partial charge in [0.1, 0.15) is 0 Å². The van der Waals surface area contributed by atoms with E-state index in [1.165, 1.54) is 4.70 Å². The van der Waals surface area contributed by atoms with E-state index >= 15 is 0 Å². The van der Waals surface area contributed by atoms with Crippen molar-refractivity contribution in [3.8, 4) is 0 Å². The van der Waals surface area contributed by atoms with Crippen molar-refractivity contribution < 1.29 is 0 Å². The maximum absolute atomic E-state index is 4.64. The Morgan fingerprint density at radius 2 is 1.95 bits per heavy atom. The van der Waals surface area contributed by atoms with Crippen molar-refractivity contribution in [3.05, 3.63) is 22.7 Å². The van der Waals surface area contributed by atoms with Gasteiger partial charge in [0.15, 0.2) is 5.13 Å². The fourth-order valence-electron chi connectivity index (χ4n) is 3.01. The van der Waals surface area contributed by atoms with Gasteiger partial charge in [0.2, 0.25) is 0 Å². The molecule has 0 atom stereocenters. The summed E-state index contributed by atoms with van der Waals surface area (Å²) >= 11 is 5.23. The summed E-state index contributed by atoms with van der Waals surface area (Å²) < 4.78 is 2.34. The minimum absolute atomic E-state index is 0.430. The lowest BCUT2D eigenvalue weighted by atomic mass is 10.0. The molecule has 3 rings (SSSR count). The molecular formula is C15H19BrN2S. The van der Waals surface area contributed by atoms with Crippen molar-refractivity contribution >= 4 is 42.6 Å². The summed E-state index contributed by atoms with van der Waals surface area (Å²) in [6, 6.07) is 6.23. The van der Waals surface area contributed by atoms with Gasteiger partial charge in [-0.25, -0.2) is 4.98 Å².